The number of hydrogen-bond donors (Lipinski definition) is 2. The van der Waals surface area contributed by atoms with Crippen LogP contribution in [0.4, 0.5) is 23.3 Å². The molecule has 2 saturated heterocycles. The Bertz CT molecular complexity index is 867. The Kier molecular flexibility index (Phi) is 7.06. The molecule has 2 N–H and O–H groups in total. The van der Waals surface area contributed by atoms with Crippen LogP contribution in [0.15, 0.2) is 36.4 Å². The van der Waals surface area contributed by atoms with Gasteiger partial charge in [-0.15, -0.1) is 0 Å². The molecule has 2 aromatic rings. The maximum Gasteiger partial charge on any atom is 0.232 e. The standard InChI is InChI=1S/C23H33N7S/c1-3-24-23(31)27-22-25-20(16-21(26-22)30-11-7-8-18(2)17-30)29-14-12-28(13-15-29)19-9-5-4-6-10-19/h4-6,9-10,16,18H,3,7-8,11-15,17H2,1-2H3,(H2,24,25,26,27,31)/t18-/m0/s1. The number of anilines is 4. The van der Waals surface area contributed by atoms with Gasteiger partial charge in [0.2, 0.25) is 5.95 Å². The predicted molar refractivity (Wildman–Crippen MR) is 133 cm³/mol. The van der Waals surface area contributed by atoms with Crippen molar-refractivity contribution < 1.29 is 0 Å². The van der Waals surface area contributed by atoms with Crippen molar-refractivity contribution in [3.8, 4) is 0 Å². The van der Waals surface area contributed by atoms with Crippen molar-refractivity contribution in [1.82, 2.24) is 15.3 Å². The van der Waals surface area contributed by atoms with Crippen LogP contribution in [0.25, 0.3) is 0 Å². The molecule has 0 bridgehead atoms. The van der Waals surface area contributed by atoms with E-state index in [1.165, 1.54) is 18.5 Å². The number of aromatic nitrogens is 2. The molecule has 0 unspecified atom stereocenters. The number of thiocarbonyl (C=S) groups is 1. The highest BCUT2D eigenvalue weighted by atomic mass is 32.1. The molecule has 8 heteroatoms. The van der Waals surface area contributed by atoms with Gasteiger partial charge < -0.3 is 25.3 Å². The van der Waals surface area contributed by atoms with E-state index in [1.807, 2.05) is 6.92 Å². The summed E-state index contributed by atoms with van der Waals surface area (Å²) in [6, 6.07) is 12.8. The lowest BCUT2D eigenvalue weighted by Crippen LogP contribution is -2.47. The minimum atomic E-state index is 0.562. The molecule has 1 aromatic carbocycles. The molecule has 3 heterocycles. The lowest BCUT2D eigenvalue weighted by atomic mass is 10.0. The molecule has 0 saturated carbocycles. The van der Waals surface area contributed by atoms with Gasteiger partial charge in [-0.1, -0.05) is 25.1 Å². The first kappa shape index (κ1) is 21.6. The van der Waals surface area contributed by atoms with E-state index in [0.717, 1.165) is 57.4 Å². The summed E-state index contributed by atoms with van der Waals surface area (Å²) in [7, 11) is 0. The first-order valence-electron chi connectivity index (χ1n) is 11.4. The topological polar surface area (TPSA) is 59.6 Å². The highest BCUT2D eigenvalue weighted by molar-refractivity contribution is 7.80. The Morgan fingerprint density at radius 3 is 2.35 bits per heavy atom. The van der Waals surface area contributed by atoms with Crippen molar-refractivity contribution in [3.05, 3.63) is 36.4 Å². The molecule has 0 aliphatic carbocycles. The summed E-state index contributed by atoms with van der Waals surface area (Å²) < 4.78 is 0. The van der Waals surface area contributed by atoms with Crippen molar-refractivity contribution in [2.45, 2.75) is 26.7 Å². The second-order valence-electron chi connectivity index (χ2n) is 8.40. The number of piperazine rings is 1. The van der Waals surface area contributed by atoms with Crippen LogP contribution in [-0.2, 0) is 0 Å². The monoisotopic (exact) mass is 439 g/mol. The molecule has 166 valence electrons. The lowest BCUT2D eigenvalue weighted by Gasteiger charge is -2.37. The quantitative estimate of drug-likeness (QED) is 0.688. The molecular formula is C23H33N7S. The van der Waals surface area contributed by atoms with Crippen molar-refractivity contribution >= 4 is 40.6 Å². The second-order valence-corrected chi connectivity index (χ2v) is 8.80. The summed E-state index contributed by atoms with van der Waals surface area (Å²) in [4.78, 5) is 16.8. The summed E-state index contributed by atoms with van der Waals surface area (Å²) in [6.07, 6.45) is 2.49. The summed E-state index contributed by atoms with van der Waals surface area (Å²) in [6.45, 7) is 11.0. The van der Waals surface area contributed by atoms with Crippen LogP contribution >= 0.6 is 12.2 Å². The molecule has 2 aliphatic rings. The molecule has 2 fully saturated rings. The van der Waals surface area contributed by atoms with Gasteiger partial charge in [-0.05, 0) is 50.0 Å². The SMILES string of the molecule is CCNC(=S)Nc1nc(N2CCN(c3ccccc3)CC2)cc(N2CCC[C@H](C)C2)n1. The predicted octanol–water partition coefficient (Wildman–Crippen LogP) is 3.35. The Labute approximate surface area is 190 Å². The maximum absolute atomic E-state index is 5.39. The fourth-order valence-electron chi connectivity index (χ4n) is 4.34. The van der Waals surface area contributed by atoms with Crippen molar-refractivity contribution in [2.75, 3.05) is 65.8 Å². The molecule has 31 heavy (non-hydrogen) atoms. The Balaban J connectivity index is 1.53. The first-order valence-corrected chi connectivity index (χ1v) is 11.8. The van der Waals surface area contributed by atoms with Gasteiger partial charge >= 0.3 is 0 Å². The average molecular weight is 440 g/mol. The van der Waals surface area contributed by atoms with Crippen LogP contribution in [0, 0.1) is 5.92 Å². The maximum atomic E-state index is 5.39. The second kappa shape index (κ2) is 10.1. The number of nitrogens with zero attached hydrogens (tertiary/aromatic N) is 5. The van der Waals surface area contributed by atoms with Gasteiger partial charge in [-0.3, -0.25) is 0 Å². The number of nitrogens with one attached hydrogen (secondary N) is 2. The van der Waals surface area contributed by atoms with Gasteiger partial charge in [0.25, 0.3) is 0 Å². The van der Waals surface area contributed by atoms with Crippen molar-refractivity contribution in [1.29, 1.82) is 0 Å². The lowest BCUT2D eigenvalue weighted by molar-refractivity contribution is 0.444. The van der Waals surface area contributed by atoms with Gasteiger partial charge in [0.15, 0.2) is 5.11 Å². The normalized spacial score (nSPS) is 19.3. The summed E-state index contributed by atoms with van der Waals surface area (Å²) in [5, 5.41) is 6.87. The smallest absolute Gasteiger partial charge is 0.232 e. The van der Waals surface area contributed by atoms with E-state index in [2.05, 4.69) is 68.7 Å². The highest BCUT2D eigenvalue weighted by Gasteiger charge is 2.23. The van der Waals surface area contributed by atoms with Crippen LogP contribution in [0.5, 0.6) is 0 Å². The molecule has 0 radical (unpaired) electrons. The van der Waals surface area contributed by atoms with Crippen molar-refractivity contribution in [2.24, 2.45) is 5.92 Å². The molecule has 2 aliphatic heterocycles. The Hall–Kier alpha value is -2.61. The van der Waals surface area contributed by atoms with Gasteiger partial charge in [-0.2, -0.15) is 9.97 Å². The molecule has 0 amide bonds. The zero-order valence-corrected chi connectivity index (χ0v) is 19.4. The molecular weight excluding hydrogens is 406 g/mol. The van der Waals surface area contributed by atoms with Gasteiger partial charge in [0, 0.05) is 57.6 Å². The van der Waals surface area contributed by atoms with E-state index in [1.54, 1.807) is 0 Å². The van der Waals surface area contributed by atoms with Crippen LogP contribution in [0.2, 0.25) is 0 Å². The Morgan fingerprint density at radius 1 is 1.00 bits per heavy atom. The van der Waals surface area contributed by atoms with Crippen molar-refractivity contribution in [3.63, 3.8) is 0 Å². The summed E-state index contributed by atoms with van der Waals surface area (Å²) in [5.41, 5.74) is 1.28. The van der Waals surface area contributed by atoms with E-state index >= 15 is 0 Å². The third-order valence-electron chi connectivity index (χ3n) is 5.97. The molecule has 1 aromatic heterocycles. The fourth-order valence-corrected chi connectivity index (χ4v) is 4.57. The zero-order chi connectivity index (χ0) is 21.6. The summed E-state index contributed by atoms with van der Waals surface area (Å²) in [5.74, 6) is 3.21. The summed E-state index contributed by atoms with van der Waals surface area (Å²) >= 11 is 5.39. The van der Waals surface area contributed by atoms with E-state index in [4.69, 9.17) is 22.2 Å². The number of benzene rings is 1. The third kappa shape index (κ3) is 5.55. The van der Waals surface area contributed by atoms with Gasteiger partial charge in [0.1, 0.15) is 11.6 Å². The number of para-hydroxylation sites is 1. The third-order valence-corrected chi connectivity index (χ3v) is 6.21. The Morgan fingerprint density at radius 2 is 1.68 bits per heavy atom. The van der Waals surface area contributed by atoms with Gasteiger partial charge in [0.05, 0.1) is 0 Å². The largest absolute Gasteiger partial charge is 0.368 e. The average Bonchev–Trinajstić information content (AvgIpc) is 2.80. The molecule has 0 spiro atoms. The van der Waals surface area contributed by atoms with E-state index in [-0.39, 0.29) is 0 Å². The number of rotatable bonds is 5. The fraction of sp³-hybridized carbons (Fsp3) is 0.522. The van der Waals surface area contributed by atoms with E-state index in [0.29, 0.717) is 17.0 Å². The minimum Gasteiger partial charge on any atom is -0.368 e. The molecule has 7 nitrogen and oxygen atoms in total. The van der Waals surface area contributed by atoms with E-state index < -0.39 is 0 Å². The van der Waals surface area contributed by atoms with Crippen LogP contribution in [-0.4, -0.2) is 60.9 Å². The van der Waals surface area contributed by atoms with Crippen LogP contribution < -0.4 is 25.3 Å². The van der Waals surface area contributed by atoms with E-state index in [9.17, 15) is 0 Å². The van der Waals surface area contributed by atoms with Crippen LogP contribution in [0.3, 0.4) is 0 Å². The van der Waals surface area contributed by atoms with Crippen LogP contribution in [0.1, 0.15) is 26.7 Å². The number of hydrogen-bond acceptors (Lipinski definition) is 6. The van der Waals surface area contributed by atoms with Gasteiger partial charge in [-0.25, -0.2) is 0 Å². The zero-order valence-electron chi connectivity index (χ0n) is 18.5. The molecule has 4 rings (SSSR count). The molecule has 1 atom stereocenters. The first-order chi connectivity index (χ1) is 15.1. The minimum absolute atomic E-state index is 0.562. The number of piperidine rings is 1. The highest BCUT2D eigenvalue weighted by Crippen LogP contribution is 2.27.